The Kier molecular flexibility index (Phi) is 7.94. The molecule has 0 spiro atoms. The second-order valence-corrected chi connectivity index (χ2v) is 10.1. The number of amides is 3. The first kappa shape index (κ1) is 27.0. The topological polar surface area (TPSA) is 118 Å². The lowest BCUT2D eigenvalue weighted by Gasteiger charge is -2.16. The van der Waals surface area contributed by atoms with Crippen molar-refractivity contribution in [1.29, 1.82) is 0 Å². The summed E-state index contributed by atoms with van der Waals surface area (Å²) in [5, 5.41) is 5.61. The number of hydrogen-bond donors (Lipinski definition) is 2. The van der Waals surface area contributed by atoms with Crippen LogP contribution in [-0.4, -0.2) is 35.3 Å². The second-order valence-electron chi connectivity index (χ2n) is 8.69. The normalized spacial score (nSPS) is 13.4. The largest absolute Gasteiger partial charge is 0.462 e. The Bertz CT molecular complexity index is 1450. The van der Waals surface area contributed by atoms with Crippen LogP contribution in [0.4, 0.5) is 16.5 Å². The molecule has 11 heteroatoms. The number of anilines is 3. The molecular weight excluding hydrogens is 528 g/mol. The fourth-order valence-electron chi connectivity index (χ4n) is 3.71. The Balaban J connectivity index is 1.44. The molecule has 4 rings (SSSR count). The van der Waals surface area contributed by atoms with Crippen LogP contribution in [0.3, 0.4) is 0 Å². The van der Waals surface area contributed by atoms with Crippen molar-refractivity contribution in [3.8, 4) is 0 Å². The third-order valence-corrected chi connectivity index (χ3v) is 7.14. The van der Waals surface area contributed by atoms with E-state index in [-0.39, 0.29) is 22.5 Å². The third-order valence-electron chi connectivity index (χ3n) is 5.74. The van der Waals surface area contributed by atoms with E-state index in [1.807, 2.05) is 12.1 Å². The van der Waals surface area contributed by atoms with Crippen molar-refractivity contribution in [3.05, 3.63) is 81.0 Å². The molecule has 2 aromatic carbocycles. The molecule has 0 fully saturated rings. The first-order chi connectivity index (χ1) is 18.1. The summed E-state index contributed by atoms with van der Waals surface area (Å²) in [6, 6.07) is 13.4. The zero-order chi connectivity index (χ0) is 27.6. The summed E-state index contributed by atoms with van der Waals surface area (Å²) in [6.45, 7) is 7.72. The molecule has 38 heavy (non-hydrogen) atoms. The van der Waals surface area contributed by atoms with Gasteiger partial charge in [-0.25, -0.2) is 14.7 Å². The number of ether oxygens (including phenoxy) is 1. The quantitative estimate of drug-likeness (QED) is 0.282. The number of carbonyl (C=O) groups is 4. The molecule has 2 N–H and O–H groups in total. The van der Waals surface area contributed by atoms with Crippen LogP contribution in [-0.2, 0) is 14.3 Å². The molecule has 0 radical (unpaired) electrons. The van der Waals surface area contributed by atoms with Gasteiger partial charge in [0, 0.05) is 11.3 Å². The van der Waals surface area contributed by atoms with Crippen molar-refractivity contribution in [1.82, 2.24) is 4.98 Å². The zero-order valence-corrected chi connectivity index (χ0v) is 22.7. The molecule has 0 unspecified atom stereocenters. The van der Waals surface area contributed by atoms with E-state index in [4.69, 9.17) is 16.3 Å². The van der Waals surface area contributed by atoms with E-state index >= 15 is 0 Å². The van der Waals surface area contributed by atoms with Gasteiger partial charge in [-0.05, 0) is 61.7 Å². The number of hydrogen-bond acceptors (Lipinski definition) is 8. The summed E-state index contributed by atoms with van der Waals surface area (Å²) < 4.78 is 5.00. The van der Waals surface area contributed by atoms with Crippen molar-refractivity contribution in [2.24, 2.45) is 0 Å². The number of rotatable bonds is 8. The van der Waals surface area contributed by atoms with Crippen molar-refractivity contribution >= 4 is 63.1 Å². The minimum atomic E-state index is -0.617. The highest BCUT2D eigenvalue weighted by Gasteiger charge is 2.39. The van der Waals surface area contributed by atoms with Crippen LogP contribution in [0.5, 0.6) is 0 Å². The molecule has 0 saturated carbocycles. The minimum absolute atomic E-state index is 0.0495. The molecule has 0 saturated heterocycles. The number of halogens is 1. The Morgan fingerprint density at radius 2 is 1.71 bits per heavy atom. The van der Waals surface area contributed by atoms with E-state index in [2.05, 4.69) is 29.5 Å². The van der Waals surface area contributed by atoms with Crippen molar-refractivity contribution < 1.29 is 23.9 Å². The maximum Gasteiger partial charge on any atom is 0.350 e. The zero-order valence-electron chi connectivity index (χ0n) is 21.1. The number of carbonyl (C=O) groups excluding carboxylic acids is 4. The van der Waals surface area contributed by atoms with E-state index < -0.39 is 23.7 Å². The van der Waals surface area contributed by atoms with Gasteiger partial charge < -0.3 is 10.1 Å². The number of imide groups is 1. The van der Waals surface area contributed by atoms with Crippen LogP contribution in [0.15, 0.2) is 59.3 Å². The van der Waals surface area contributed by atoms with E-state index in [1.54, 1.807) is 50.2 Å². The summed E-state index contributed by atoms with van der Waals surface area (Å²) in [5.74, 6) is -1.80. The van der Waals surface area contributed by atoms with E-state index in [0.717, 1.165) is 21.8 Å². The maximum absolute atomic E-state index is 13.0. The summed E-state index contributed by atoms with van der Waals surface area (Å²) in [6.07, 6.45) is 0. The summed E-state index contributed by atoms with van der Waals surface area (Å²) in [7, 11) is 0. The highest BCUT2D eigenvalue weighted by Crippen LogP contribution is 2.31. The van der Waals surface area contributed by atoms with Crippen molar-refractivity contribution in [2.75, 3.05) is 22.1 Å². The number of esters is 1. The Morgan fingerprint density at radius 3 is 2.32 bits per heavy atom. The Hall–Kier alpha value is -4.02. The van der Waals surface area contributed by atoms with Gasteiger partial charge in [0.15, 0.2) is 5.13 Å². The average molecular weight is 553 g/mol. The van der Waals surface area contributed by atoms with Gasteiger partial charge in [0.2, 0.25) is 0 Å². The molecule has 196 valence electrons. The molecule has 3 amide bonds. The highest BCUT2D eigenvalue weighted by atomic mass is 35.5. The van der Waals surface area contributed by atoms with Crippen LogP contribution in [0.1, 0.15) is 58.0 Å². The van der Waals surface area contributed by atoms with E-state index in [0.29, 0.717) is 33.4 Å². The predicted octanol–water partition coefficient (Wildman–Crippen LogP) is 5.44. The molecule has 1 aliphatic rings. The highest BCUT2D eigenvalue weighted by molar-refractivity contribution is 7.17. The summed E-state index contributed by atoms with van der Waals surface area (Å²) in [4.78, 5) is 56.0. The average Bonchev–Trinajstić information content (AvgIpc) is 3.36. The fraction of sp³-hybridized carbons (Fsp3) is 0.222. The molecule has 1 aliphatic heterocycles. The first-order valence-electron chi connectivity index (χ1n) is 11.8. The second kappa shape index (κ2) is 11.2. The van der Waals surface area contributed by atoms with Gasteiger partial charge in [0.05, 0.1) is 18.0 Å². The van der Waals surface area contributed by atoms with Gasteiger partial charge in [-0.1, -0.05) is 48.9 Å². The SMILES string of the molecule is CCOC(=O)c1sc(NC(=O)c2ccc(NC3=C(Cl)C(=O)N(c4ccc(C(C)C)cc4)C3=O)cc2)nc1C. The number of thiazole rings is 1. The number of aryl methyl sites for hydroxylation is 1. The summed E-state index contributed by atoms with van der Waals surface area (Å²) in [5.41, 5.74) is 2.71. The van der Waals surface area contributed by atoms with Crippen molar-refractivity contribution in [3.63, 3.8) is 0 Å². The first-order valence-corrected chi connectivity index (χ1v) is 13.0. The fourth-order valence-corrected chi connectivity index (χ4v) is 4.78. The van der Waals surface area contributed by atoms with Crippen molar-refractivity contribution in [2.45, 2.75) is 33.6 Å². The molecule has 0 aliphatic carbocycles. The smallest absolute Gasteiger partial charge is 0.350 e. The predicted molar refractivity (Wildman–Crippen MR) is 147 cm³/mol. The number of nitrogens with one attached hydrogen (secondary N) is 2. The molecule has 1 aromatic heterocycles. The van der Waals surface area contributed by atoms with Crippen LogP contribution in [0.2, 0.25) is 0 Å². The standard InChI is InChI=1S/C27H25ClN4O5S/c1-5-37-26(36)22-15(4)29-27(38-22)31-23(33)17-6-10-18(11-7-17)30-21-20(28)24(34)32(25(21)35)19-12-8-16(9-13-19)14(2)3/h6-14,30H,5H2,1-4H3,(H,29,31,33). The monoisotopic (exact) mass is 552 g/mol. The Morgan fingerprint density at radius 1 is 1.05 bits per heavy atom. The van der Waals surface area contributed by atoms with Gasteiger partial charge in [-0.15, -0.1) is 0 Å². The molecule has 0 atom stereocenters. The third kappa shape index (κ3) is 5.46. The lowest BCUT2D eigenvalue weighted by molar-refractivity contribution is -0.120. The van der Waals surface area contributed by atoms with Crippen LogP contribution in [0.25, 0.3) is 0 Å². The van der Waals surface area contributed by atoms with E-state index in [1.165, 1.54) is 0 Å². The van der Waals surface area contributed by atoms with Crippen LogP contribution >= 0.6 is 22.9 Å². The molecule has 3 aromatic rings. The van der Waals surface area contributed by atoms with E-state index in [9.17, 15) is 19.2 Å². The number of aromatic nitrogens is 1. The van der Waals surface area contributed by atoms with Gasteiger partial charge in [-0.2, -0.15) is 0 Å². The Labute approximate surface area is 228 Å². The van der Waals surface area contributed by atoms with Gasteiger partial charge in [0.1, 0.15) is 15.6 Å². The van der Waals surface area contributed by atoms with Gasteiger partial charge in [0.25, 0.3) is 17.7 Å². The van der Waals surface area contributed by atoms with Gasteiger partial charge in [-0.3, -0.25) is 19.7 Å². The number of nitrogens with zero attached hydrogens (tertiary/aromatic N) is 2. The lowest BCUT2D eigenvalue weighted by atomic mass is 10.0. The molecule has 2 heterocycles. The maximum atomic E-state index is 13.0. The molecule has 9 nitrogen and oxygen atoms in total. The number of benzene rings is 2. The minimum Gasteiger partial charge on any atom is -0.462 e. The summed E-state index contributed by atoms with van der Waals surface area (Å²) >= 11 is 7.26. The van der Waals surface area contributed by atoms with Crippen LogP contribution < -0.4 is 15.5 Å². The lowest BCUT2D eigenvalue weighted by Crippen LogP contribution is -2.32. The molecular formula is C27H25ClN4O5S. The van der Waals surface area contributed by atoms with Gasteiger partial charge >= 0.3 is 5.97 Å². The van der Waals surface area contributed by atoms with Crippen LogP contribution in [0, 0.1) is 6.92 Å². The molecule has 0 bridgehead atoms.